The van der Waals surface area contributed by atoms with E-state index < -0.39 is 10.0 Å². The second-order valence-electron chi connectivity index (χ2n) is 7.36. The molecule has 0 bridgehead atoms. The first-order chi connectivity index (χ1) is 15.9. The second kappa shape index (κ2) is 8.27. The summed E-state index contributed by atoms with van der Waals surface area (Å²) in [6, 6.07) is 13.6. The molecule has 0 amide bonds. The quantitative estimate of drug-likeness (QED) is 0.399. The van der Waals surface area contributed by atoms with E-state index in [0.29, 0.717) is 16.9 Å². The van der Waals surface area contributed by atoms with Crippen molar-refractivity contribution in [2.24, 2.45) is 7.05 Å². The molecule has 164 valence electrons. The number of hydrogen-bond donors (Lipinski definition) is 1. The van der Waals surface area contributed by atoms with Crippen molar-refractivity contribution >= 4 is 38.3 Å². The molecule has 5 aromatic rings. The number of nitrogens with zero attached hydrogens (tertiary/aromatic N) is 5. The minimum absolute atomic E-state index is 0.000908. The van der Waals surface area contributed by atoms with Crippen LogP contribution in [0.5, 0.6) is 0 Å². The van der Waals surface area contributed by atoms with Gasteiger partial charge in [-0.25, -0.2) is 13.4 Å². The highest BCUT2D eigenvalue weighted by atomic mass is 35.5. The van der Waals surface area contributed by atoms with E-state index in [9.17, 15) is 8.42 Å². The Bertz CT molecular complexity index is 1600. The first-order valence-corrected chi connectivity index (χ1v) is 11.7. The zero-order chi connectivity index (χ0) is 23.0. The highest BCUT2D eigenvalue weighted by molar-refractivity contribution is 7.92. The van der Waals surface area contributed by atoms with Crippen molar-refractivity contribution in [3.8, 4) is 22.4 Å². The summed E-state index contributed by atoms with van der Waals surface area (Å²) in [5.41, 5.74) is 4.91. The third kappa shape index (κ3) is 4.28. The average Bonchev–Trinajstić information content (AvgIpc) is 3.24. The van der Waals surface area contributed by atoms with Gasteiger partial charge in [0.25, 0.3) is 10.0 Å². The summed E-state index contributed by atoms with van der Waals surface area (Å²) in [7, 11) is -2.02. The number of sulfonamides is 1. The number of nitrogens with one attached hydrogen (secondary N) is 1. The molecule has 0 aliphatic rings. The zero-order valence-corrected chi connectivity index (χ0v) is 18.9. The average molecular weight is 477 g/mol. The van der Waals surface area contributed by atoms with Gasteiger partial charge in [0.15, 0.2) is 0 Å². The number of anilines is 1. The normalized spacial score (nSPS) is 11.6. The third-order valence-electron chi connectivity index (χ3n) is 4.99. The van der Waals surface area contributed by atoms with Crippen LogP contribution in [0.25, 0.3) is 33.4 Å². The van der Waals surface area contributed by atoms with Gasteiger partial charge in [-0.15, -0.1) is 0 Å². The van der Waals surface area contributed by atoms with Crippen LogP contribution in [0.4, 0.5) is 5.69 Å². The van der Waals surface area contributed by atoms with E-state index in [1.807, 2.05) is 31.4 Å². The minimum Gasteiger partial charge on any atom is -0.278 e. The molecule has 2 aromatic carbocycles. The van der Waals surface area contributed by atoms with Crippen LogP contribution in [0.3, 0.4) is 0 Å². The molecule has 10 heteroatoms. The van der Waals surface area contributed by atoms with Gasteiger partial charge in [0.05, 0.1) is 46.0 Å². The van der Waals surface area contributed by atoms with E-state index in [0.717, 1.165) is 22.2 Å². The molecule has 0 aliphatic heterocycles. The largest absolute Gasteiger partial charge is 0.278 e. The SMILES string of the molecule is Cn1cc(-c2cnc3ccc(-c4cncc(NS(=O)(=O)c5ccccc5Cl)c4)cc3n2)cn1. The number of hydrogen-bond acceptors (Lipinski definition) is 6. The van der Waals surface area contributed by atoms with Crippen molar-refractivity contribution < 1.29 is 8.42 Å². The maximum Gasteiger partial charge on any atom is 0.263 e. The van der Waals surface area contributed by atoms with Gasteiger partial charge in [0, 0.05) is 30.6 Å². The number of pyridine rings is 1. The fourth-order valence-corrected chi connectivity index (χ4v) is 4.96. The van der Waals surface area contributed by atoms with Gasteiger partial charge in [0.1, 0.15) is 4.90 Å². The van der Waals surface area contributed by atoms with Crippen LogP contribution in [0.1, 0.15) is 0 Å². The first-order valence-electron chi connectivity index (χ1n) is 9.88. The summed E-state index contributed by atoms with van der Waals surface area (Å²) in [4.78, 5) is 13.4. The Balaban J connectivity index is 1.49. The van der Waals surface area contributed by atoms with Crippen LogP contribution in [0.15, 0.2) is 84.4 Å². The fourth-order valence-electron chi connectivity index (χ4n) is 3.41. The molecule has 3 heterocycles. The van der Waals surface area contributed by atoms with Gasteiger partial charge in [-0.05, 0) is 35.9 Å². The van der Waals surface area contributed by atoms with E-state index >= 15 is 0 Å². The second-order valence-corrected chi connectivity index (χ2v) is 9.42. The lowest BCUT2D eigenvalue weighted by Crippen LogP contribution is -2.13. The van der Waals surface area contributed by atoms with Gasteiger partial charge < -0.3 is 0 Å². The highest BCUT2D eigenvalue weighted by Gasteiger charge is 2.18. The van der Waals surface area contributed by atoms with Gasteiger partial charge in [-0.2, -0.15) is 5.10 Å². The molecular weight excluding hydrogens is 460 g/mol. The monoisotopic (exact) mass is 476 g/mol. The predicted molar refractivity (Wildman–Crippen MR) is 127 cm³/mol. The Hall–Kier alpha value is -3.82. The summed E-state index contributed by atoms with van der Waals surface area (Å²) in [6.45, 7) is 0. The lowest BCUT2D eigenvalue weighted by atomic mass is 10.1. The van der Waals surface area contributed by atoms with E-state index in [2.05, 4.69) is 19.8 Å². The molecule has 5 rings (SSSR count). The molecule has 0 saturated heterocycles. The number of fused-ring (bicyclic) bond motifs is 1. The van der Waals surface area contributed by atoms with Crippen molar-refractivity contribution in [3.63, 3.8) is 0 Å². The van der Waals surface area contributed by atoms with Crippen LogP contribution < -0.4 is 4.72 Å². The van der Waals surface area contributed by atoms with Crippen LogP contribution in [0.2, 0.25) is 5.02 Å². The fraction of sp³-hybridized carbons (Fsp3) is 0.0435. The van der Waals surface area contributed by atoms with E-state index in [1.165, 1.54) is 18.3 Å². The molecule has 0 unspecified atom stereocenters. The molecule has 0 atom stereocenters. The Morgan fingerprint density at radius 3 is 2.55 bits per heavy atom. The molecule has 0 spiro atoms. The maximum atomic E-state index is 12.8. The molecule has 0 fully saturated rings. The van der Waals surface area contributed by atoms with Crippen LogP contribution in [0, 0.1) is 0 Å². The third-order valence-corrected chi connectivity index (χ3v) is 6.87. The molecule has 0 saturated carbocycles. The smallest absolute Gasteiger partial charge is 0.263 e. The highest BCUT2D eigenvalue weighted by Crippen LogP contribution is 2.28. The maximum absolute atomic E-state index is 12.8. The van der Waals surface area contributed by atoms with Crippen LogP contribution in [-0.4, -0.2) is 33.2 Å². The number of benzene rings is 2. The number of halogens is 1. The molecule has 1 N–H and O–H groups in total. The zero-order valence-electron chi connectivity index (χ0n) is 17.3. The molecular formula is C23H17ClN6O2S. The van der Waals surface area contributed by atoms with E-state index in [1.54, 1.807) is 41.5 Å². The number of rotatable bonds is 5. The lowest BCUT2D eigenvalue weighted by Gasteiger charge is -2.10. The van der Waals surface area contributed by atoms with Gasteiger partial charge in [-0.1, -0.05) is 29.8 Å². The summed E-state index contributed by atoms with van der Waals surface area (Å²) in [5.74, 6) is 0. The van der Waals surface area contributed by atoms with Crippen molar-refractivity contribution in [3.05, 3.63) is 84.5 Å². The first kappa shape index (κ1) is 21.0. The topological polar surface area (TPSA) is 103 Å². The summed E-state index contributed by atoms with van der Waals surface area (Å²) >= 11 is 6.06. The molecule has 0 aliphatic carbocycles. The van der Waals surface area contributed by atoms with Crippen LogP contribution >= 0.6 is 11.6 Å². The Morgan fingerprint density at radius 1 is 0.909 bits per heavy atom. The lowest BCUT2D eigenvalue weighted by molar-refractivity contribution is 0.601. The summed E-state index contributed by atoms with van der Waals surface area (Å²) in [5, 5.41) is 4.33. The van der Waals surface area contributed by atoms with Crippen molar-refractivity contribution in [1.29, 1.82) is 0 Å². The molecule has 33 heavy (non-hydrogen) atoms. The molecule has 3 aromatic heterocycles. The molecule has 8 nitrogen and oxygen atoms in total. The predicted octanol–water partition coefficient (Wildman–Crippen LogP) is 4.55. The van der Waals surface area contributed by atoms with E-state index in [4.69, 9.17) is 16.6 Å². The van der Waals surface area contributed by atoms with Crippen molar-refractivity contribution in [1.82, 2.24) is 24.7 Å². The standard InChI is InChI=1S/C23H17ClN6O2S/c1-30-14-17(11-27-30)22-13-26-20-7-6-15(9-21(20)28-22)16-8-18(12-25-10-16)29-33(31,32)23-5-3-2-4-19(23)24/h2-14,29H,1H3. The Kier molecular flexibility index (Phi) is 5.27. The minimum atomic E-state index is -3.86. The van der Waals surface area contributed by atoms with E-state index in [-0.39, 0.29) is 9.92 Å². The summed E-state index contributed by atoms with van der Waals surface area (Å²) in [6.07, 6.45) is 8.42. The van der Waals surface area contributed by atoms with Gasteiger partial charge >= 0.3 is 0 Å². The van der Waals surface area contributed by atoms with Crippen molar-refractivity contribution in [2.75, 3.05) is 4.72 Å². The van der Waals surface area contributed by atoms with Gasteiger partial charge in [-0.3, -0.25) is 19.4 Å². The van der Waals surface area contributed by atoms with Gasteiger partial charge in [0.2, 0.25) is 0 Å². The van der Waals surface area contributed by atoms with Crippen molar-refractivity contribution in [2.45, 2.75) is 4.90 Å². The Labute approximate surface area is 195 Å². The summed E-state index contributed by atoms with van der Waals surface area (Å²) < 4.78 is 29.8. The number of aryl methyl sites for hydroxylation is 1. The Morgan fingerprint density at radius 2 is 1.76 bits per heavy atom. The number of aromatic nitrogens is 5. The van der Waals surface area contributed by atoms with Crippen LogP contribution in [-0.2, 0) is 17.1 Å². The molecule has 0 radical (unpaired) electrons.